The topological polar surface area (TPSA) is 25.2 Å². The summed E-state index contributed by atoms with van der Waals surface area (Å²) in [6, 6.07) is 20.2. The number of rotatable bonds is 7. The van der Waals surface area contributed by atoms with E-state index < -0.39 is 0 Å². The van der Waals surface area contributed by atoms with Gasteiger partial charge in [-0.1, -0.05) is 66.9 Å². The minimum Gasteiger partial charge on any atom is -0.460 e. The van der Waals surface area contributed by atoms with Crippen molar-refractivity contribution in [2.75, 3.05) is 0 Å². The fraction of sp³-hybridized carbons (Fsp3) is 0.238. The van der Waals surface area contributed by atoms with Crippen LogP contribution in [0.15, 0.2) is 65.1 Å². The van der Waals surface area contributed by atoms with E-state index in [0.717, 1.165) is 29.9 Å². The van der Waals surface area contributed by atoms with E-state index in [0.29, 0.717) is 22.6 Å². The number of nitrogens with one attached hydrogen (secondary N) is 1. The van der Waals surface area contributed by atoms with E-state index in [9.17, 15) is 0 Å². The lowest BCUT2D eigenvalue weighted by Crippen LogP contribution is -2.20. The Labute approximate surface area is 158 Å². The highest BCUT2D eigenvalue weighted by Gasteiger charge is 2.12. The van der Waals surface area contributed by atoms with Gasteiger partial charge in [-0.05, 0) is 42.3 Å². The predicted molar refractivity (Wildman–Crippen MR) is 105 cm³/mol. The maximum absolute atomic E-state index is 6.07. The van der Waals surface area contributed by atoms with Gasteiger partial charge in [0.25, 0.3) is 0 Å². The molecule has 0 saturated carbocycles. The van der Waals surface area contributed by atoms with E-state index in [-0.39, 0.29) is 0 Å². The van der Waals surface area contributed by atoms with Crippen molar-refractivity contribution in [3.63, 3.8) is 0 Å². The summed E-state index contributed by atoms with van der Waals surface area (Å²) in [5.41, 5.74) is 2.19. The molecule has 0 bridgehead atoms. The molecule has 0 fully saturated rings. The van der Waals surface area contributed by atoms with Crippen molar-refractivity contribution in [2.45, 2.75) is 32.4 Å². The first-order valence-electron chi connectivity index (χ1n) is 8.49. The average molecular weight is 374 g/mol. The molecule has 2 aromatic carbocycles. The predicted octanol–water partition coefficient (Wildman–Crippen LogP) is 6.88. The molecule has 0 saturated heterocycles. The first-order valence-corrected chi connectivity index (χ1v) is 9.25. The molecule has 0 aliphatic carbocycles. The molecule has 0 radical (unpaired) electrons. The molecule has 130 valence electrons. The number of benzene rings is 2. The first kappa shape index (κ1) is 18.1. The smallest absolute Gasteiger partial charge is 0.134 e. The lowest BCUT2D eigenvalue weighted by Gasteiger charge is -2.17. The highest BCUT2D eigenvalue weighted by Crippen LogP contribution is 2.29. The zero-order valence-electron chi connectivity index (χ0n) is 14.1. The Hall–Kier alpha value is -1.74. The molecule has 0 spiro atoms. The molecule has 1 heterocycles. The Morgan fingerprint density at radius 2 is 1.68 bits per heavy atom. The molecule has 1 unspecified atom stereocenters. The molecular formula is C21H21Cl2NO. The third-order valence-corrected chi connectivity index (χ3v) is 4.55. The van der Waals surface area contributed by atoms with Crippen molar-refractivity contribution in [2.24, 2.45) is 0 Å². The Kier molecular flexibility index (Phi) is 6.19. The second-order valence-corrected chi connectivity index (χ2v) is 6.93. The van der Waals surface area contributed by atoms with Crippen molar-refractivity contribution in [1.82, 2.24) is 5.32 Å². The number of furan rings is 1. The summed E-state index contributed by atoms with van der Waals surface area (Å²) < 4.78 is 5.96. The van der Waals surface area contributed by atoms with Crippen LogP contribution in [0, 0.1) is 0 Å². The van der Waals surface area contributed by atoms with E-state index in [1.807, 2.05) is 30.3 Å². The van der Waals surface area contributed by atoms with Gasteiger partial charge >= 0.3 is 0 Å². The van der Waals surface area contributed by atoms with E-state index in [1.165, 1.54) is 5.56 Å². The molecule has 25 heavy (non-hydrogen) atoms. The lowest BCUT2D eigenvalue weighted by molar-refractivity contribution is 0.439. The van der Waals surface area contributed by atoms with Gasteiger partial charge in [-0.25, -0.2) is 0 Å². The van der Waals surface area contributed by atoms with Gasteiger partial charge in [0.1, 0.15) is 11.5 Å². The fourth-order valence-corrected chi connectivity index (χ4v) is 3.43. The summed E-state index contributed by atoms with van der Waals surface area (Å²) in [4.78, 5) is 0. The SMILES string of the molecule is CCCC(NCc1ccc(-c2cc(Cl)cc(Cl)c2)o1)c1ccccc1. The maximum atomic E-state index is 6.07. The summed E-state index contributed by atoms with van der Waals surface area (Å²) in [7, 11) is 0. The second-order valence-electron chi connectivity index (χ2n) is 6.06. The van der Waals surface area contributed by atoms with Gasteiger partial charge in [-0.15, -0.1) is 0 Å². The molecule has 2 nitrogen and oxygen atoms in total. The molecule has 3 aromatic rings. The van der Waals surface area contributed by atoms with Gasteiger partial charge in [0, 0.05) is 21.7 Å². The summed E-state index contributed by atoms with van der Waals surface area (Å²) in [5, 5.41) is 4.80. The summed E-state index contributed by atoms with van der Waals surface area (Å²) in [6.07, 6.45) is 2.21. The van der Waals surface area contributed by atoms with Crippen LogP contribution < -0.4 is 5.32 Å². The van der Waals surface area contributed by atoms with Gasteiger partial charge in [-0.2, -0.15) is 0 Å². The Balaban J connectivity index is 1.70. The molecule has 1 aromatic heterocycles. The van der Waals surface area contributed by atoms with Gasteiger partial charge in [0.15, 0.2) is 0 Å². The van der Waals surface area contributed by atoms with Crippen LogP contribution in [0.25, 0.3) is 11.3 Å². The monoisotopic (exact) mass is 373 g/mol. The van der Waals surface area contributed by atoms with Crippen LogP contribution in [0.2, 0.25) is 10.0 Å². The van der Waals surface area contributed by atoms with Crippen LogP contribution >= 0.6 is 23.2 Å². The summed E-state index contributed by atoms with van der Waals surface area (Å²) in [6.45, 7) is 2.87. The van der Waals surface area contributed by atoms with Crippen molar-refractivity contribution in [3.05, 3.63) is 82.0 Å². The van der Waals surface area contributed by atoms with Gasteiger partial charge in [0.05, 0.1) is 6.54 Å². The third kappa shape index (κ3) is 4.88. The largest absolute Gasteiger partial charge is 0.460 e. The van der Waals surface area contributed by atoms with Gasteiger partial charge in [-0.3, -0.25) is 0 Å². The van der Waals surface area contributed by atoms with Crippen LogP contribution in [0.1, 0.15) is 37.1 Å². The molecule has 0 aliphatic rings. The van der Waals surface area contributed by atoms with E-state index in [2.05, 4.69) is 36.5 Å². The lowest BCUT2D eigenvalue weighted by atomic mass is 10.0. The van der Waals surface area contributed by atoms with Crippen LogP contribution in [0.4, 0.5) is 0 Å². The number of hydrogen-bond acceptors (Lipinski definition) is 2. The molecule has 3 rings (SSSR count). The maximum Gasteiger partial charge on any atom is 0.134 e. The average Bonchev–Trinajstić information content (AvgIpc) is 3.07. The minimum atomic E-state index is 0.320. The highest BCUT2D eigenvalue weighted by molar-refractivity contribution is 6.35. The number of hydrogen-bond donors (Lipinski definition) is 1. The van der Waals surface area contributed by atoms with Crippen molar-refractivity contribution in [1.29, 1.82) is 0 Å². The molecule has 0 amide bonds. The molecule has 4 heteroatoms. The number of halogens is 2. The highest BCUT2D eigenvalue weighted by atomic mass is 35.5. The van der Waals surface area contributed by atoms with E-state index in [4.69, 9.17) is 27.6 Å². The first-order chi connectivity index (χ1) is 12.2. The molecule has 1 atom stereocenters. The van der Waals surface area contributed by atoms with Crippen LogP contribution in [-0.4, -0.2) is 0 Å². The fourth-order valence-electron chi connectivity index (χ4n) is 2.91. The standard InChI is InChI=1S/C21H21Cl2NO/c1-2-6-20(15-7-4-3-5-8-15)24-14-19-9-10-21(25-19)16-11-17(22)13-18(23)12-16/h3-5,7-13,20,24H,2,6,14H2,1H3. The van der Waals surface area contributed by atoms with E-state index >= 15 is 0 Å². The van der Waals surface area contributed by atoms with Crippen molar-refractivity contribution in [3.8, 4) is 11.3 Å². The molecular weight excluding hydrogens is 353 g/mol. The van der Waals surface area contributed by atoms with Crippen LogP contribution in [0.5, 0.6) is 0 Å². The van der Waals surface area contributed by atoms with Gasteiger partial charge in [0.2, 0.25) is 0 Å². The Bertz CT molecular complexity index is 794. The van der Waals surface area contributed by atoms with E-state index in [1.54, 1.807) is 6.07 Å². The Morgan fingerprint density at radius 1 is 0.960 bits per heavy atom. The summed E-state index contributed by atoms with van der Waals surface area (Å²) >= 11 is 12.1. The zero-order chi connectivity index (χ0) is 17.6. The molecule has 1 N–H and O–H groups in total. The second kappa shape index (κ2) is 8.57. The molecule has 0 aliphatic heterocycles. The quantitative estimate of drug-likeness (QED) is 0.487. The third-order valence-electron chi connectivity index (χ3n) is 4.11. The van der Waals surface area contributed by atoms with Crippen molar-refractivity contribution < 1.29 is 4.42 Å². The summed E-state index contributed by atoms with van der Waals surface area (Å²) in [5.74, 6) is 1.66. The zero-order valence-corrected chi connectivity index (χ0v) is 15.6. The van der Waals surface area contributed by atoms with Gasteiger partial charge < -0.3 is 9.73 Å². The normalized spacial score (nSPS) is 12.3. The van der Waals surface area contributed by atoms with Crippen LogP contribution in [0.3, 0.4) is 0 Å². The Morgan fingerprint density at radius 3 is 2.36 bits per heavy atom. The minimum absolute atomic E-state index is 0.320. The van der Waals surface area contributed by atoms with Crippen molar-refractivity contribution >= 4 is 23.2 Å². The van der Waals surface area contributed by atoms with Crippen LogP contribution in [-0.2, 0) is 6.54 Å².